The van der Waals surface area contributed by atoms with E-state index in [9.17, 15) is 9.59 Å². The van der Waals surface area contributed by atoms with Gasteiger partial charge in [0.15, 0.2) is 11.0 Å². The van der Waals surface area contributed by atoms with E-state index in [0.717, 1.165) is 10.6 Å². The number of amides is 2. The molecule has 0 radical (unpaired) electrons. The molecule has 0 aliphatic carbocycles. The molecule has 34 heavy (non-hydrogen) atoms. The Bertz CT molecular complexity index is 1350. The monoisotopic (exact) mass is 491 g/mol. The predicted octanol–water partition coefficient (Wildman–Crippen LogP) is 4.47. The van der Waals surface area contributed by atoms with Crippen molar-refractivity contribution in [1.29, 1.82) is 0 Å². The van der Waals surface area contributed by atoms with Crippen LogP contribution in [0.3, 0.4) is 0 Å². The molecule has 0 fully saturated rings. The van der Waals surface area contributed by atoms with Gasteiger partial charge in [0, 0.05) is 0 Å². The first-order valence-electron chi connectivity index (χ1n) is 10.6. The number of thiophene rings is 1. The Kier molecular flexibility index (Phi) is 6.08. The summed E-state index contributed by atoms with van der Waals surface area (Å²) in [5.41, 5.74) is 2.09. The van der Waals surface area contributed by atoms with Gasteiger partial charge < -0.3 is 10.1 Å². The Morgan fingerprint density at radius 1 is 1.09 bits per heavy atom. The van der Waals surface area contributed by atoms with Crippen LogP contribution in [0.5, 0.6) is 5.75 Å². The van der Waals surface area contributed by atoms with E-state index in [1.165, 1.54) is 16.7 Å². The highest BCUT2D eigenvalue weighted by Gasteiger charge is 2.31. The zero-order chi connectivity index (χ0) is 23.7. The van der Waals surface area contributed by atoms with Crippen LogP contribution in [0.1, 0.15) is 6.92 Å². The molecule has 5 rings (SSSR count). The fourth-order valence-electron chi connectivity index (χ4n) is 3.80. The van der Waals surface area contributed by atoms with E-state index >= 15 is 0 Å². The molecule has 1 aliphatic heterocycles. The Morgan fingerprint density at radius 3 is 2.62 bits per heavy atom. The van der Waals surface area contributed by atoms with Crippen LogP contribution in [0, 0.1) is 0 Å². The van der Waals surface area contributed by atoms with Crippen molar-refractivity contribution < 1.29 is 14.3 Å². The Labute approximate surface area is 204 Å². The van der Waals surface area contributed by atoms with Gasteiger partial charge >= 0.3 is 0 Å². The second kappa shape index (κ2) is 9.32. The molecule has 0 saturated heterocycles. The molecule has 10 heteroatoms. The largest absolute Gasteiger partial charge is 0.495 e. The number of carbonyl (C=O) groups is 2. The van der Waals surface area contributed by atoms with E-state index in [1.807, 2.05) is 71.5 Å². The number of benzene rings is 2. The number of carbonyl (C=O) groups excluding carboxylic acids is 2. The van der Waals surface area contributed by atoms with Gasteiger partial charge in [-0.05, 0) is 42.6 Å². The van der Waals surface area contributed by atoms with E-state index in [1.54, 1.807) is 24.5 Å². The predicted molar refractivity (Wildman–Crippen MR) is 134 cm³/mol. The Hall–Kier alpha value is -3.63. The van der Waals surface area contributed by atoms with Gasteiger partial charge in [0.2, 0.25) is 11.8 Å². The van der Waals surface area contributed by atoms with Crippen LogP contribution in [-0.4, -0.2) is 45.5 Å². The lowest BCUT2D eigenvalue weighted by Crippen LogP contribution is -2.45. The third-order valence-electron chi connectivity index (χ3n) is 5.37. The topological polar surface area (TPSA) is 89.4 Å². The van der Waals surface area contributed by atoms with Gasteiger partial charge in [-0.15, -0.1) is 21.5 Å². The molecule has 172 valence electrons. The van der Waals surface area contributed by atoms with Crippen LogP contribution >= 0.6 is 23.1 Å². The second-order valence-electron chi connectivity index (χ2n) is 7.54. The molecule has 8 nitrogen and oxygen atoms in total. The van der Waals surface area contributed by atoms with E-state index in [2.05, 4.69) is 15.5 Å². The molecule has 0 saturated carbocycles. The molecule has 0 unspecified atom stereocenters. The number of anilines is 2. The average molecular weight is 492 g/mol. The molecular formula is C24H21N5O3S2. The summed E-state index contributed by atoms with van der Waals surface area (Å²) in [5.74, 6) is 0.938. The number of nitrogens with zero attached hydrogens (tertiary/aromatic N) is 4. The summed E-state index contributed by atoms with van der Waals surface area (Å²) < 4.78 is 7.51. The summed E-state index contributed by atoms with van der Waals surface area (Å²) in [6.45, 7) is 1.79. The van der Waals surface area contributed by atoms with Gasteiger partial charge in [-0.2, -0.15) is 0 Å². The van der Waals surface area contributed by atoms with E-state index in [4.69, 9.17) is 4.74 Å². The molecule has 2 aromatic heterocycles. The van der Waals surface area contributed by atoms with Gasteiger partial charge in [-0.3, -0.25) is 19.1 Å². The van der Waals surface area contributed by atoms with Crippen molar-refractivity contribution >= 4 is 46.3 Å². The number of aromatic nitrogens is 3. The first-order valence-corrected chi connectivity index (χ1v) is 12.3. The zero-order valence-corrected chi connectivity index (χ0v) is 20.1. The van der Waals surface area contributed by atoms with Crippen LogP contribution < -0.4 is 15.0 Å². The quantitative estimate of drug-likeness (QED) is 0.400. The van der Waals surface area contributed by atoms with E-state index < -0.39 is 5.25 Å². The Morgan fingerprint density at radius 2 is 1.85 bits per heavy atom. The zero-order valence-electron chi connectivity index (χ0n) is 18.5. The van der Waals surface area contributed by atoms with Crippen LogP contribution in [-0.2, 0) is 9.59 Å². The van der Waals surface area contributed by atoms with Crippen LogP contribution in [0.4, 0.5) is 11.4 Å². The maximum atomic E-state index is 13.5. The van der Waals surface area contributed by atoms with Crippen LogP contribution in [0.25, 0.3) is 16.4 Å². The van der Waals surface area contributed by atoms with Crippen LogP contribution in [0.15, 0.2) is 71.2 Å². The van der Waals surface area contributed by atoms with Crippen molar-refractivity contribution in [3.63, 3.8) is 0 Å². The molecule has 4 aromatic rings. The summed E-state index contributed by atoms with van der Waals surface area (Å²) in [7, 11) is 1.62. The number of ether oxygens (including phenoxy) is 1. The second-order valence-corrected chi connectivity index (χ2v) is 9.80. The van der Waals surface area contributed by atoms with Crippen molar-refractivity contribution in [3.8, 4) is 22.1 Å². The number of nitrogens with one attached hydrogen (secondary N) is 1. The maximum Gasteiger partial charge on any atom is 0.244 e. The van der Waals surface area contributed by atoms with Gasteiger partial charge in [-0.25, -0.2) is 0 Å². The first kappa shape index (κ1) is 22.2. The summed E-state index contributed by atoms with van der Waals surface area (Å²) in [5, 5.41) is 13.7. The van der Waals surface area contributed by atoms with Gasteiger partial charge in [0.1, 0.15) is 12.3 Å². The van der Waals surface area contributed by atoms with Crippen molar-refractivity contribution in [2.75, 3.05) is 23.9 Å². The lowest BCUT2D eigenvalue weighted by molar-refractivity contribution is -0.121. The number of methoxy groups -OCH3 is 1. The third-order valence-corrected chi connectivity index (χ3v) is 7.26. The number of hydrogen-bond acceptors (Lipinski definition) is 7. The number of rotatable bonds is 6. The molecular weight excluding hydrogens is 470 g/mol. The molecule has 0 bridgehead atoms. The standard InChI is InChI=1S/C24H21N5O3S2/c1-15(23(31)28-14-21(30)25-16-8-3-4-9-17(16)28)34-24-27-26-22(20-12-7-13-33-20)29(24)18-10-5-6-11-19(18)32-2/h3-13,15H,14H2,1-2H3,(H,25,30)/t15-/m1/s1. The molecule has 3 heterocycles. The molecule has 1 aliphatic rings. The number of thioether (sulfide) groups is 1. The summed E-state index contributed by atoms with van der Waals surface area (Å²) in [6.07, 6.45) is 0. The smallest absolute Gasteiger partial charge is 0.244 e. The van der Waals surface area contributed by atoms with Gasteiger partial charge in [0.25, 0.3) is 0 Å². The van der Waals surface area contributed by atoms with Crippen molar-refractivity contribution in [1.82, 2.24) is 14.8 Å². The summed E-state index contributed by atoms with van der Waals surface area (Å²) in [4.78, 5) is 28.2. The lowest BCUT2D eigenvalue weighted by atomic mass is 10.2. The fourth-order valence-corrected chi connectivity index (χ4v) is 5.42. The van der Waals surface area contributed by atoms with Crippen LogP contribution in [0.2, 0.25) is 0 Å². The number of fused-ring (bicyclic) bond motifs is 1. The number of hydrogen-bond donors (Lipinski definition) is 1. The molecule has 1 N–H and O–H groups in total. The highest BCUT2D eigenvalue weighted by atomic mass is 32.2. The highest BCUT2D eigenvalue weighted by Crippen LogP contribution is 2.37. The fraction of sp³-hybridized carbons (Fsp3) is 0.167. The van der Waals surface area contributed by atoms with E-state index in [0.29, 0.717) is 28.1 Å². The molecule has 0 spiro atoms. The van der Waals surface area contributed by atoms with Crippen molar-refractivity contribution in [2.24, 2.45) is 0 Å². The normalized spacial score (nSPS) is 13.8. The number of para-hydroxylation sites is 4. The SMILES string of the molecule is COc1ccccc1-n1c(S[C@H](C)C(=O)N2CC(=O)Nc3ccccc32)nnc1-c1cccs1. The molecule has 2 aromatic carbocycles. The lowest BCUT2D eigenvalue weighted by Gasteiger charge is -2.30. The van der Waals surface area contributed by atoms with Crippen molar-refractivity contribution in [3.05, 3.63) is 66.0 Å². The molecule has 2 amide bonds. The van der Waals surface area contributed by atoms with E-state index in [-0.39, 0.29) is 18.4 Å². The van der Waals surface area contributed by atoms with Gasteiger partial charge in [0.05, 0.1) is 34.3 Å². The first-order chi connectivity index (χ1) is 16.6. The summed E-state index contributed by atoms with van der Waals surface area (Å²) >= 11 is 2.85. The van der Waals surface area contributed by atoms with Crippen molar-refractivity contribution in [2.45, 2.75) is 17.3 Å². The Balaban J connectivity index is 1.51. The minimum Gasteiger partial charge on any atom is -0.495 e. The highest BCUT2D eigenvalue weighted by molar-refractivity contribution is 8.00. The van der Waals surface area contributed by atoms with Gasteiger partial charge in [-0.1, -0.05) is 42.1 Å². The average Bonchev–Trinajstić information content (AvgIpc) is 3.53. The minimum absolute atomic E-state index is 0.0274. The molecule has 1 atom stereocenters. The minimum atomic E-state index is -0.521. The third kappa shape index (κ3) is 4.06. The maximum absolute atomic E-state index is 13.5. The summed E-state index contributed by atoms with van der Waals surface area (Å²) in [6, 6.07) is 18.9.